The molecule has 20 heavy (non-hydrogen) atoms. The molecule has 1 rings (SSSR count). The number of rotatable bonds is 8. The molecule has 0 unspecified atom stereocenters. The monoisotopic (exact) mass is 280 g/mol. The lowest BCUT2D eigenvalue weighted by Crippen LogP contribution is -2.31. The average Bonchev–Trinajstić information content (AvgIpc) is 2.50. The van der Waals surface area contributed by atoms with Crippen molar-refractivity contribution in [3.05, 3.63) is 35.4 Å². The van der Waals surface area contributed by atoms with E-state index in [0.29, 0.717) is 18.7 Å². The molecule has 0 heterocycles. The van der Waals surface area contributed by atoms with E-state index in [1.807, 2.05) is 12.1 Å². The van der Waals surface area contributed by atoms with Crippen molar-refractivity contribution in [2.75, 3.05) is 33.9 Å². The van der Waals surface area contributed by atoms with Crippen LogP contribution in [-0.2, 0) is 20.8 Å². The maximum Gasteiger partial charge on any atom is 0.337 e. The first-order chi connectivity index (χ1) is 9.67. The summed E-state index contributed by atoms with van der Waals surface area (Å²) in [7, 11) is 2.72. The number of nitrogens with one attached hydrogen (secondary N) is 2. The van der Waals surface area contributed by atoms with Crippen LogP contribution in [0.4, 0.5) is 0 Å². The summed E-state index contributed by atoms with van der Waals surface area (Å²) in [5.74, 6) is -0.611. The number of methoxy groups -OCH3 is 2. The maximum absolute atomic E-state index is 11.3. The van der Waals surface area contributed by atoms with Gasteiger partial charge in [0.05, 0.1) is 26.3 Å². The smallest absolute Gasteiger partial charge is 0.337 e. The number of benzene rings is 1. The van der Waals surface area contributed by atoms with Crippen LogP contribution < -0.4 is 10.6 Å². The molecule has 6 heteroatoms. The van der Waals surface area contributed by atoms with Gasteiger partial charge < -0.3 is 20.1 Å². The number of carbonyl (C=O) groups excluding carboxylic acids is 2. The highest BCUT2D eigenvalue weighted by Crippen LogP contribution is 2.05. The highest BCUT2D eigenvalue weighted by atomic mass is 16.5. The molecular formula is C14H20N2O4. The minimum atomic E-state index is -0.337. The molecule has 0 aliphatic rings. The lowest BCUT2D eigenvalue weighted by atomic mass is 10.1. The Morgan fingerprint density at radius 2 is 1.65 bits per heavy atom. The highest BCUT2D eigenvalue weighted by Gasteiger charge is 2.03. The lowest BCUT2D eigenvalue weighted by Gasteiger charge is -2.06. The van der Waals surface area contributed by atoms with E-state index in [1.54, 1.807) is 12.1 Å². The lowest BCUT2D eigenvalue weighted by molar-refractivity contribution is -0.139. The van der Waals surface area contributed by atoms with E-state index in [-0.39, 0.29) is 18.5 Å². The molecule has 0 atom stereocenters. The van der Waals surface area contributed by atoms with Crippen molar-refractivity contribution in [2.24, 2.45) is 0 Å². The van der Waals surface area contributed by atoms with Gasteiger partial charge in [-0.2, -0.15) is 0 Å². The zero-order valence-electron chi connectivity index (χ0n) is 11.8. The summed E-state index contributed by atoms with van der Waals surface area (Å²) in [6.45, 7) is 2.32. The minimum absolute atomic E-state index is 0.214. The Hall–Kier alpha value is -1.92. The van der Waals surface area contributed by atoms with E-state index >= 15 is 0 Å². The highest BCUT2D eigenvalue weighted by molar-refractivity contribution is 5.89. The topological polar surface area (TPSA) is 76.7 Å². The van der Waals surface area contributed by atoms with E-state index < -0.39 is 0 Å². The minimum Gasteiger partial charge on any atom is -0.468 e. The van der Waals surface area contributed by atoms with Crippen molar-refractivity contribution < 1.29 is 19.1 Å². The van der Waals surface area contributed by atoms with Gasteiger partial charge in [-0.1, -0.05) is 12.1 Å². The van der Waals surface area contributed by atoms with Crippen LogP contribution in [0.1, 0.15) is 15.9 Å². The van der Waals surface area contributed by atoms with E-state index in [4.69, 9.17) is 0 Å². The Balaban J connectivity index is 2.19. The largest absolute Gasteiger partial charge is 0.468 e. The molecule has 0 fully saturated rings. The third-order valence-corrected chi connectivity index (χ3v) is 2.68. The van der Waals surface area contributed by atoms with E-state index in [2.05, 4.69) is 20.1 Å². The predicted molar refractivity (Wildman–Crippen MR) is 74.4 cm³/mol. The summed E-state index contributed by atoms with van der Waals surface area (Å²) in [6, 6.07) is 7.22. The Kier molecular flexibility index (Phi) is 7.31. The molecule has 0 spiro atoms. The summed E-state index contributed by atoms with van der Waals surface area (Å²) in [6.07, 6.45) is 0. The molecule has 0 amide bonds. The van der Waals surface area contributed by atoms with Crippen molar-refractivity contribution >= 4 is 11.9 Å². The van der Waals surface area contributed by atoms with Gasteiger partial charge in [-0.05, 0) is 17.7 Å². The van der Waals surface area contributed by atoms with Crippen LogP contribution in [0.5, 0.6) is 0 Å². The van der Waals surface area contributed by atoms with Crippen molar-refractivity contribution in [1.82, 2.24) is 10.6 Å². The second-order valence-corrected chi connectivity index (χ2v) is 4.12. The van der Waals surface area contributed by atoms with Crippen LogP contribution in [0.15, 0.2) is 24.3 Å². The predicted octanol–water partition coefficient (Wildman–Crippen LogP) is 0.325. The first-order valence-corrected chi connectivity index (χ1v) is 6.33. The van der Waals surface area contributed by atoms with E-state index in [9.17, 15) is 9.59 Å². The third kappa shape index (κ3) is 5.81. The van der Waals surface area contributed by atoms with Gasteiger partial charge in [0.25, 0.3) is 0 Å². The first kappa shape index (κ1) is 16.1. The molecule has 0 aliphatic carbocycles. The zero-order chi connectivity index (χ0) is 14.8. The molecule has 0 saturated heterocycles. The first-order valence-electron chi connectivity index (χ1n) is 6.33. The van der Waals surface area contributed by atoms with Crippen LogP contribution in [0, 0.1) is 0 Å². The van der Waals surface area contributed by atoms with Gasteiger partial charge in [0, 0.05) is 19.6 Å². The van der Waals surface area contributed by atoms with Crippen molar-refractivity contribution in [3.63, 3.8) is 0 Å². The maximum atomic E-state index is 11.3. The molecule has 2 N–H and O–H groups in total. The SMILES string of the molecule is COC(=O)CNCCNCc1ccc(C(=O)OC)cc1. The standard InChI is InChI=1S/C14H20N2O4/c1-19-13(17)10-16-8-7-15-9-11-3-5-12(6-4-11)14(18)20-2/h3-6,15-16H,7-10H2,1-2H3. The summed E-state index contributed by atoms with van der Waals surface area (Å²) >= 11 is 0. The Labute approximate surface area is 118 Å². The van der Waals surface area contributed by atoms with Gasteiger partial charge in [0.15, 0.2) is 0 Å². The molecule has 110 valence electrons. The summed E-state index contributed by atoms with van der Waals surface area (Å²) in [4.78, 5) is 22.1. The molecular weight excluding hydrogens is 260 g/mol. The second-order valence-electron chi connectivity index (χ2n) is 4.12. The number of hydrogen-bond donors (Lipinski definition) is 2. The van der Waals surface area contributed by atoms with Crippen LogP contribution in [0.2, 0.25) is 0 Å². The quantitative estimate of drug-likeness (QED) is 0.528. The van der Waals surface area contributed by atoms with Gasteiger partial charge in [0.1, 0.15) is 0 Å². The van der Waals surface area contributed by atoms with Crippen LogP contribution >= 0.6 is 0 Å². The molecule has 0 radical (unpaired) electrons. The summed E-state index contributed by atoms with van der Waals surface area (Å²) < 4.78 is 9.14. The van der Waals surface area contributed by atoms with E-state index in [0.717, 1.165) is 12.1 Å². The molecule has 0 bridgehead atoms. The summed E-state index contributed by atoms with van der Waals surface area (Å²) in [5, 5.41) is 6.18. The number of ether oxygens (including phenoxy) is 2. The molecule has 0 aromatic heterocycles. The normalized spacial score (nSPS) is 10.1. The molecule has 0 aliphatic heterocycles. The number of hydrogen-bond acceptors (Lipinski definition) is 6. The third-order valence-electron chi connectivity index (χ3n) is 2.68. The van der Waals surface area contributed by atoms with Gasteiger partial charge in [-0.25, -0.2) is 4.79 Å². The molecule has 1 aromatic carbocycles. The van der Waals surface area contributed by atoms with Crippen LogP contribution in [0.3, 0.4) is 0 Å². The Morgan fingerprint density at radius 3 is 2.25 bits per heavy atom. The number of esters is 2. The number of carbonyl (C=O) groups is 2. The fourth-order valence-corrected chi connectivity index (χ4v) is 1.55. The fraction of sp³-hybridized carbons (Fsp3) is 0.429. The molecule has 6 nitrogen and oxygen atoms in total. The van der Waals surface area contributed by atoms with Gasteiger partial charge in [-0.3, -0.25) is 4.79 Å². The van der Waals surface area contributed by atoms with Gasteiger partial charge in [-0.15, -0.1) is 0 Å². The summed E-state index contributed by atoms with van der Waals surface area (Å²) in [5.41, 5.74) is 1.61. The van der Waals surface area contributed by atoms with Crippen LogP contribution in [-0.4, -0.2) is 45.8 Å². The zero-order valence-corrected chi connectivity index (χ0v) is 11.8. The van der Waals surface area contributed by atoms with Crippen LogP contribution in [0.25, 0.3) is 0 Å². The van der Waals surface area contributed by atoms with E-state index in [1.165, 1.54) is 14.2 Å². The van der Waals surface area contributed by atoms with Gasteiger partial charge in [0.2, 0.25) is 0 Å². The molecule has 1 aromatic rings. The van der Waals surface area contributed by atoms with Crippen molar-refractivity contribution in [2.45, 2.75) is 6.54 Å². The van der Waals surface area contributed by atoms with Crippen molar-refractivity contribution in [3.8, 4) is 0 Å². The van der Waals surface area contributed by atoms with Gasteiger partial charge >= 0.3 is 11.9 Å². The average molecular weight is 280 g/mol. The fourth-order valence-electron chi connectivity index (χ4n) is 1.55. The second kappa shape index (κ2) is 9.06. The molecule has 0 saturated carbocycles. The Morgan fingerprint density at radius 1 is 1.00 bits per heavy atom. The Bertz CT molecular complexity index is 431. The van der Waals surface area contributed by atoms with Crippen molar-refractivity contribution in [1.29, 1.82) is 0 Å².